The zero-order chi connectivity index (χ0) is 24.0. The van der Waals surface area contributed by atoms with Crippen LogP contribution in [0.5, 0.6) is 11.5 Å². The van der Waals surface area contributed by atoms with Gasteiger partial charge in [-0.05, 0) is 71.8 Å². The number of anilines is 2. The molecule has 4 bridgehead atoms. The minimum absolute atomic E-state index is 0.261. The smallest absolute Gasteiger partial charge is 0.256 e. The maximum atomic E-state index is 13.2. The third-order valence-electron chi connectivity index (χ3n) is 5.68. The summed E-state index contributed by atoms with van der Waals surface area (Å²) in [5, 5.41) is 5.89. The van der Waals surface area contributed by atoms with E-state index in [9.17, 15) is 9.59 Å². The lowest BCUT2D eigenvalue weighted by molar-refractivity contribution is 0.101. The maximum absolute atomic E-state index is 13.2. The number of hydrogen-bond donors (Lipinski definition) is 2. The summed E-state index contributed by atoms with van der Waals surface area (Å²) in [5.41, 5.74) is 3.59. The van der Waals surface area contributed by atoms with Crippen LogP contribution in [0.3, 0.4) is 0 Å². The summed E-state index contributed by atoms with van der Waals surface area (Å²) in [5.74, 6) is 0.917. The molecule has 4 heterocycles. The average Bonchev–Trinajstić information content (AvgIpc) is 2.90. The van der Waals surface area contributed by atoms with Gasteiger partial charge in [-0.25, -0.2) is 0 Å². The second-order valence-corrected chi connectivity index (χ2v) is 8.10. The van der Waals surface area contributed by atoms with Gasteiger partial charge < -0.3 is 20.1 Å². The van der Waals surface area contributed by atoms with Crippen LogP contribution in [0.4, 0.5) is 11.4 Å². The molecule has 0 atom stereocenters. The summed E-state index contributed by atoms with van der Waals surface area (Å²) in [6.45, 7) is 1.01. The molecule has 0 aromatic heterocycles. The summed E-state index contributed by atoms with van der Waals surface area (Å²) in [7, 11) is 0. The molecule has 2 amide bonds. The SMILES string of the molecule is O=C1Nc2ccc(cc2)OCCCOc2ccc(cc2)NC(=O)c2ccccc2-c2ccccc21. The first-order valence-corrected chi connectivity index (χ1v) is 11.4. The van der Waals surface area contributed by atoms with Crippen molar-refractivity contribution in [3.63, 3.8) is 0 Å². The third kappa shape index (κ3) is 5.17. The van der Waals surface area contributed by atoms with Crippen LogP contribution in [0.2, 0.25) is 0 Å². The predicted octanol–water partition coefficient (Wildman–Crippen LogP) is 6.02. The largest absolute Gasteiger partial charge is 0.493 e. The second-order valence-electron chi connectivity index (χ2n) is 8.10. The molecule has 4 aliphatic heterocycles. The molecule has 6 heteroatoms. The number of rotatable bonds is 0. The Morgan fingerprint density at radius 1 is 0.486 bits per heavy atom. The highest BCUT2D eigenvalue weighted by atomic mass is 16.5. The lowest BCUT2D eigenvalue weighted by Crippen LogP contribution is -2.15. The van der Waals surface area contributed by atoms with E-state index in [1.165, 1.54) is 0 Å². The molecule has 4 aromatic carbocycles. The molecule has 0 saturated carbocycles. The van der Waals surface area contributed by atoms with Crippen molar-refractivity contribution in [1.82, 2.24) is 0 Å². The van der Waals surface area contributed by atoms with Gasteiger partial charge in [0.05, 0.1) is 13.2 Å². The van der Waals surface area contributed by atoms with Crippen molar-refractivity contribution in [1.29, 1.82) is 0 Å². The number of carbonyl (C=O) groups is 2. The lowest BCUT2D eigenvalue weighted by Gasteiger charge is -2.14. The van der Waals surface area contributed by atoms with E-state index in [1.807, 2.05) is 60.7 Å². The van der Waals surface area contributed by atoms with Crippen LogP contribution in [0.25, 0.3) is 11.1 Å². The molecule has 174 valence electrons. The van der Waals surface area contributed by atoms with Gasteiger partial charge in [0, 0.05) is 28.9 Å². The monoisotopic (exact) mass is 464 g/mol. The highest BCUT2D eigenvalue weighted by Crippen LogP contribution is 2.29. The van der Waals surface area contributed by atoms with Crippen LogP contribution in [-0.2, 0) is 0 Å². The van der Waals surface area contributed by atoms with E-state index in [0.29, 0.717) is 53.3 Å². The molecule has 8 rings (SSSR count). The summed E-state index contributed by atoms with van der Waals surface area (Å²) in [6, 6.07) is 29.0. The third-order valence-corrected chi connectivity index (χ3v) is 5.68. The summed E-state index contributed by atoms with van der Waals surface area (Å²) in [6.07, 6.45) is 0.713. The molecule has 6 nitrogen and oxygen atoms in total. The molecule has 35 heavy (non-hydrogen) atoms. The van der Waals surface area contributed by atoms with Crippen LogP contribution >= 0.6 is 0 Å². The van der Waals surface area contributed by atoms with Gasteiger partial charge in [0.1, 0.15) is 11.5 Å². The normalized spacial score (nSPS) is 13.8. The Hall–Kier alpha value is -4.58. The van der Waals surface area contributed by atoms with Crippen molar-refractivity contribution in [3.8, 4) is 22.6 Å². The van der Waals surface area contributed by atoms with E-state index in [4.69, 9.17) is 9.47 Å². The Labute approximate surface area is 203 Å². The number of hydrogen-bond acceptors (Lipinski definition) is 4. The highest BCUT2D eigenvalue weighted by molar-refractivity contribution is 6.13. The van der Waals surface area contributed by atoms with E-state index in [-0.39, 0.29) is 11.8 Å². The number of ether oxygens (including phenoxy) is 2. The second kappa shape index (κ2) is 10.1. The maximum Gasteiger partial charge on any atom is 0.256 e. The van der Waals surface area contributed by atoms with Gasteiger partial charge in [0.15, 0.2) is 0 Å². The van der Waals surface area contributed by atoms with Crippen molar-refractivity contribution >= 4 is 23.2 Å². The molecular weight excluding hydrogens is 440 g/mol. The van der Waals surface area contributed by atoms with Crippen LogP contribution in [0.15, 0.2) is 97.1 Å². The van der Waals surface area contributed by atoms with Crippen molar-refractivity contribution < 1.29 is 19.1 Å². The summed E-state index contributed by atoms with van der Waals surface area (Å²) < 4.78 is 11.6. The van der Waals surface area contributed by atoms with Gasteiger partial charge in [-0.3, -0.25) is 9.59 Å². The van der Waals surface area contributed by atoms with E-state index in [0.717, 1.165) is 11.5 Å². The number of nitrogens with one attached hydrogen (secondary N) is 2. The van der Waals surface area contributed by atoms with Gasteiger partial charge in [-0.1, -0.05) is 36.4 Å². The molecule has 0 unspecified atom stereocenters. The van der Waals surface area contributed by atoms with E-state index in [1.54, 1.807) is 36.4 Å². The number of amides is 2. The molecule has 0 spiro atoms. The van der Waals surface area contributed by atoms with Gasteiger partial charge in [0.2, 0.25) is 0 Å². The van der Waals surface area contributed by atoms with Crippen LogP contribution in [-0.4, -0.2) is 25.0 Å². The minimum atomic E-state index is -0.261. The van der Waals surface area contributed by atoms with Crippen molar-refractivity contribution in [3.05, 3.63) is 108 Å². The van der Waals surface area contributed by atoms with Gasteiger partial charge in [-0.15, -0.1) is 0 Å². The summed E-state index contributed by atoms with van der Waals surface area (Å²) >= 11 is 0. The lowest BCUT2D eigenvalue weighted by atomic mass is 9.94. The molecule has 0 radical (unpaired) electrons. The predicted molar refractivity (Wildman–Crippen MR) is 136 cm³/mol. The van der Waals surface area contributed by atoms with E-state index < -0.39 is 0 Å². The molecular formula is C29H24N2O4. The zero-order valence-corrected chi connectivity index (χ0v) is 19.0. The Bertz CT molecular complexity index is 1240. The van der Waals surface area contributed by atoms with Crippen molar-refractivity contribution in [2.45, 2.75) is 6.42 Å². The van der Waals surface area contributed by atoms with Crippen LogP contribution in [0, 0.1) is 0 Å². The molecule has 2 N–H and O–H groups in total. The molecule has 4 aromatic rings. The molecule has 0 aliphatic carbocycles. The zero-order valence-electron chi connectivity index (χ0n) is 19.0. The molecule has 4 aliphatic rings. The first kappa shape index (κ1) is 22.2. The highest BCUT2D eigenvalue weighted by Gasteiger charge is 2.18. The van der Waals surface area contributed by atoms with Gasteiger partial charge >= 0.3 is 0 Å². The molecule has 0 fully saturated rings. The number of carbonyl (C=O) groups excluding carboxylic acids is 2. The van der Waals surface area contributed by atoms with Crippen molar-refractivity contribution in [2.75, 3.05) is 23.8 Å². The number of benzene rings is 4. The topological polar surface area (TPSA) is 76.7 Å². The fourth-order valence-corrected chi connectivity index (χ4v) is 3.94. The van der Waals surface area contributed by atoms with Gasteiger partial charge in [0.25, 0.3) is 11.8 Å². The molecule has 0 saturated heterocycles. The Morgan fingerprint density at radius 3 is 1.26 bits per heavy atom. The Kier molecular flexibility index (Phi) is 6.44. The average molecular weight is 465 g/mol. The van der Waals surface area contributed by atoms with Gasteiger partial charge in [-0.2, -0.15) is 0 Å². The van der Waals surface area contributed by atoms with E-state index in [2.05, 4.69) is 10.6 Å². The standard InChI is InChI=1S/C29H24N2O4/c32-28-26-8-3-1-6-24(26)25-7-2-4-9-27(25)29(33)31-21-12-16-23(17-13-21)35-19-5-18-34-22-14-10-20(30-28)11-15-22/h1-4,6-17H,5,18-19H2,(H,30,32)(H,31,33). The van der Waals surface area contributed by atoms with Crippen LogP contribution in [0.1, 0.15) is 27.1 Å². The quantitative estimate of drug-likeness (QED) is 0.334. The fourth-order valence-electron chi connectivity index (χ4n) is 3.94. The van der Waals surface area contributed by atoms with Crippen molar-refractivity contribution in [2.24, 2.45) is 0 Å². The minimum Gasteiger partial charge on any atom is -0.493 e. The first-order valence-electron chi connectivity index (χ1n) is 11.4. The van der Waals surface area contributed by atoms with E-state index >= 15 is 0 Å². The first-order chi connectivity index (χ1) is 17.2. The fraction of sp³-hybridized carbons (Fsp3) is 0.103. The Morgan fingerprint density at radius 2 is 0.857 bits per heavy atom. The van der Waals surface area contributed by atoms with Crippen LogP contribution < -0.4 is 20.1 Å². The summed E-state index contributed by atoms with van der Waals surface area (Å²) in [4.78, 5) is 26.5. The Balaban J connectivity index is 1.54.